The Labute approximate surface area is 151 Å². The van der Waals surface area contributed by atoms with Gasteiger partial charge >= 0.3 is 0 Å². The summed E-state index contributed by atoms with van der Waals surface area (Å²) < 4.78 is 14.0. The monoisotopic (exact) mass is 357 g/mol. The third-order valence-electron chi connectivity index (χ3n) is 4.40. The first kappa shape index (κ1) is 17.7. The molecule has 130 valence electrons. The van der Waals surface area contributed by atoms with Gasteiger partial charge in [0.2, 0.25) is 5.91 Å². The Balaban J connectivity index is 1.60. The lowest BCUT2D eigenvalue weighted by atomic mass is 9.88. The van der Waals surface area contributed by atoms with E-state index < -0.39 is 5.82 Å². The smallest absolute Gasteiger partial charge is 0.230 e. The number of hydrogen-bond donors (Lipinski definition) is 1. The second-order valence-electron chi connectivity index (χ2n) is 6.20. The average molecular weight is 357 g/mol. The molecule has 0 spiro atoms. The topological polar surface area (TPSA) is 46.2 Å². The van der Waals surface area contributed by atoms with Crippen LogP contribution in [-0.4, -0.2) is 17.4 Å². The Kier molecular flexibility index (Phi) is 5.53. The molecule has 1 amide bonds. The van der Waals surface area contributed by atoms with E-state index in [4.69, 9.17) is 0 Å². The summed E-state index contributed by atoms with van der Waals surface area (Å²) in [7, 11) is 0. The van der Waals surface area contributed by atoms with Gasteiger partial charge in [-0.2, -0.15) is 0 Å². The largest absolute Gasteiger partial charge is 0.349 e. The number of nitrogens with one attached hydrogen (secondary N) is 1. The van der Waals surface area contributed by atoms with Crippen LogP contribution in [0.1, 0.15) is 47.3 Å². The minimum absolute atomic E-state index is 0.0305. The van der Waals surface area contributed by atoms with Gasteiger partial charge in [-0.15, -0.1) is 11.8 Å². The zero-order chi connectivity index (χ0) is 17.8. The predicted molar refractivity (Wildman–Crippen MR) is 97.4 cm³/mol. The SMILES string of the molecule is CC(=O)c1ccc(SCC(=O)NC2CCCc3ccccc32)c(F)c1. The second-order valence-corrected chi connectivity index (χ2v) is 7.22. The maximum absolute atomic E-state index is 14.0. The van der Waals surface area contributed by atoms with E-state index in [1.807, 2.05) is 12.1 Å². The van der Waals surface area contributed by atoms with E-state index in [0.717, 1.165) is 31.0 Å². The fraction of sp³-hybridized carbons (Fsp3) is 0.300. The highest BCUT2D eigenvalue weighted by Gasteiger charge is 2.21. The molecule has 3 nitrogen and oxygen atoms in total. The Morgan fingerprint density at radius 3 is 2.80 bits per heavy atom. The van der Waals surface area contributed by atoms with E-state index in [0.29, 0.717) is 10.5 Å². The van der Waals surface area contributed by atoms with E-state index in [1.165, 1.54) is 24.1 Å². The van der Waals surface area contributed by atoms with Crippen LogP contribution < -0.4 is 5.32 Å². The minimum atomic E-state index is -0.464. The van der Waals surface area contributed by atoms with Crippen LogP contribution in [0.25, 0.3) is 0 Å². The molecule has 3 rings (SSSR count). The third kappa shape index (κ3) is 4.28. The average Bonchev–Trinajstić information content (AvgIpc) is 2.61. The zero-order valence-electron chi connectivity index (χ0n) is 14.0. The molecular weight excluding hydrogens is 337 g/mol. The van der Waals surface area contributed by atoms with Crippen molar-refractivity contribution in [2.24, 2.45) is 0 Å². The number of aryl methyl sites for hydroxylation is 1. The summed E-state index contributed by atoms with van der Waals surface area (Å²) in [5.41, 5.74) is 2.81. The summed E-state index contributed by atoms with van der Waals surface area (Å²) in [4.78, 5) is 23.9. The van der Waals surface area contributed by atoms with E-state index >= 15 is 0 Å². The van der Waals surface area contributed by atoms with Crippen LogP contribution in [0.15, 0.2) is 47.4 Å². The molecule has 25 heavy (non-hydrogen) atoms. The molecule has 1 unspecified atom stereocenters. The van der Waals surface area contributed by atoms with Crippen molar-refractivity contribution in [2.75, 3.05) is 5.75 Å². The van der Waals surface area contributed by atoms with Crippen molar-refractivity contribution < 1.29 is 14.0 Å². The molecule has 5 heteroatoms. The van der Waals surface area contributed by atoms with Crippen LogP contribution in [0.2, 0.25) is 0 Å². The van der Waals surface area contributed by atoms with Crippen molar-refractivity contribution >= 4 is 23.5 Å². The molecule has 1 N–H and O–H groups in total. The Morgan fingerprint density at radius 1 is 1.24 bits per heavy atom. The Morgan fingerprint density at radius 2 is 2.04 bits per heavy atom. The van der Waals surface area contributed by atoms with Gasteiger partial charge in [0.1, 0.15) is 5.82 Å². The van der Waals surface area contributed by atoms with Crippen molar-refractivity contribution in [3.8, 4) is 0 Å². The minimum Gasteiger partial charge on any atom is -0.349 e. The standard InChI is InChI=1S/C20H20FNO2S/c1-13(23)15-9-10-19(17(21)11-15)25-12-20(24)22-18-8-4-6-14-5-2-3-7-16(14)18/h2-3,5,7,9-11,18H,4,6,8,12H2,1H3,(H,22,24). The van der Waals surface area contributed by atoms with Gasteiger partial charge in [-0.3, -0.25) is 9.59 Å². The quantitative estimate of drug-likeness (QED) is 0.640. The molecule has 0 aliphatic heterocycles. The van der Waals surface area contributed by atoms with Crippen LogP contribution in [0, 0.1) is 5.82 Å². The number of amides is 1. The number of hydrogen-bond acceptors (Lipinski definition) is 3. The van der Waals surface area contributed by atoms with Crippen molar-refractivity contribution in [3.05, 3.63) is 65.0 Å². The highest BCUT2D eigenvalue weighted by Crippen LogP contribution is 2.30. The van der Waals surface area contributed by atoms with Gasteiger partial charge in [0.15, 0.2) is 5.78 Å². The maximum atomic E-state index is 14.0. The number of carbonyl (C=O) groups is 2. The number of Topliss-reactive ketones (excluding diaryl/α,β-unsaturated/α-hetero) is 1. The van der Waals surface area contributed by atoms with E-state index in [-0.39, 0.29) is 23.5 Å². The van der Waals surface area contributed by atoms with Crippen molar-refractivity contribution in [3.63, 3.8) is 0 Å². The molecule has 0 bridgehead atoms. The first-order valence-electron chi connectivity index (χ1n) is 8.35. The lowest BCUT2D eigenvalue weighted by Gasteiger charge is -2.26. The molecule has 0 aromatic heterocycles. The van der Waals surface area contributed by atoms with Gasteiger partial charge < -0.3 is 5.32 Å². The van der Waals surface area contributed by atoms with Crippen LogP contribution in [0.3, 0.4) is 0 Å². The summed E-state index contributed by atoms with van der Waals surface area (Å²) in [6.45, 7) is 1.40. The van der Waals surface area contributed by atoms with E-state index in [1.54, 1.807) is 12.1 Å². The molecule has 1 atom stereocenters. The van der Waals surface area contributed by atoms with Crippen molar-refractivity contribution in [1.29, 1.82) is 0 Å². The number of ketones is 1. The molecule has 2 aromatic rings. The highest BCUT2D eigenvalue weighted by atomic mass is 32.2. The molecule has 0 radical (unpaired) electrons. The molecule has 0 saturated carbocycles. The fourth-order valence-electron chi connectivity index (χ4n) is 3.12. The van der Waals surface area contributed by atoms with Gasteiger partial charge in [0.25, 0.3) is 0 Å². The lowest BCUT2D eigenvalue weighted by Crippen LogP contribution is -2.32. The summed E-state index contributed by atoms with van der Waals surface area (Å²) in [5, 5.41) is 3.06. The molecule has 0 fully saturated rings. The lowest BCUT2D eigenvalue weighted by molar-refractivity contribution is -0.119. The zero-order valence-corrected chi connectivity index (χ0v) is 14.9. The molecular formula is C20H20FNO2S. The Bertz CT molecular complexity index is 806. The summed E-state index contributed by atoms with van der Waals surface area (Å²) in [5.74, 6) is -0.603. The van der Waals surface area contributed by atoms with Crippen LogP contribution in [0.5, 0.6) is 0 Å². The number of halogens is 1. The van der Waals surface area contributed by atoms with Gasteiger partial charge in [-0.05, 0) is 49.4 Å². The van der Waals surface area contributed by atoms with Crippen LogP contribution in [0.4, 0.5) is 4.39 Å². The molecule has 0 heterocycles. The summed E-state index contributed by atoms with van der Waals surface area (Å²) >= 11 is 1.15. The highest BCUT2D eigenvalue weighted by molar-refractivity contribution is 8.00. The van der Waals surface area contributed by atoms with Gasteiger partial charge in [-0.1, -0.05) is 30.3 Å². The van der Waals surface area contributed by atoms with Gasteiger partial charge in [0, 0.05) is 10.5 Å². The van der Waals surface area contributed by atoms with Gasteiger partial charge in [0.05, 0.1) is 11.8 Å². The predicted octanol–water partition coefficient (Wildman–Crippen LogP) is 4.31. The number of fused-ring (bicyclic) bond motifs is 1. The van der Waals surface area contributed by atoms with Crippen molar-refractivity contribution in [1.82, 2.24) is 5.32 Å². The molecule has 2 aromatic carbocycles. The first-order valence-corrected chi connectivity index (χ1v) is 9.33. The number of benzene rings is 2. The van der Waals surface area contributed by atoms with Gasteiger partial charge in [-0.25, -0.2) is 4.39 Å². The first-order chi connectivity index (χ1) is 12.0. The summed E-state index contributed by atoms with van der Waals surface area (Å²) in [6.07, 6.45) is 3.02. The summed E-state index contributed by atoms with van der Waals surface area (Å²) in [6, 6.07) is 12.6. The fourth-order valence-corrected chi connectivity index (χ4v) is 3.85. The third-order valence-corrected chi connectivity index (χ3v) is 5.45. The Hall–Kier alpha value is -2.14. The van der Waals surface area contributed by atoms with Crippen LogP contribution in [-0.2, 0) is 11.2 Å². The number of rotatable bonds is 5. The number of thioether (sulfide) groups is 1. The van der Waals surface area contributed by atoms with E-state index in [2.05, 4.69) is 17.4 Å². The normalized spacial score (nSPS) is 16.2. The van der Waals surface area contributed by atoms with E-state index in [9.17, 15) is 14.0 Å². The van der Waals surface area contributed by atoms with Crippen molar-refractivity contribution in [2.45, 2.75) is 37.1 Å². The maximum Gasteiger partial charge on any atom is 0.230 e. The van der Waals surface area contributed by atoms with Crippen LogP contribution >= 0.6 is 11.8 Å². The molecule has 0 saturated heterocycles. The molecule has 1 aliphatic rings. The number of carbonyl (C=O) groups excluding carboxylic acids is 2. The second kappa shape index (κ2) is 7.83. The molecule has 1 aliphatic carbocycles.